The van der Waals surface area contributed by atoms with Gasteiger partial charge in [0.1, 0.15) is 0 Å². The van der Waals surface area contributed by atoms with Crippen molar-refractivity contribution >= 4 is 11.0 Å². The van der Waals surface area contributed by atoms with Gasteiger partial charge < -0.3 is 15.7 Å². The van der Waals surface area contributed by atoms with E-state index in [1.165, 1.54) is 32.0 Å². The number of alkyl halides is 2. The van der Waals surface area contributed by atoms with Gasteiger partial charge in [0.25, 0.3) is 5.92 Å². The molecule has 17 heavy (non-hydrogen) atoms. The second-order valence-electron chi connectivity index (χ2n) is 4.64. The van der Waals surface area contributed by atoms with Gasteiger partial charge >= 0.3 is 5.69 Å². The third-order valence-corrected chi connectivity index (χ3v) is 2.69. The molecule has 4 N–H and O–H groups in total. The van der Waals surface area contributed by atoms with Gasteiger partial charge in [-0.2, -0.15) is 8.78 Å². The minimum Gasteiger partial charge on any atom is -0.320 e. The van der Waals surface area contributed by atoms with Gasteiger partial charge in [0.15, 0.2) is 0 Å². The van der Waals surface area contributed by atoms with Gasteiger partial charge in [0, 0.05) is 5.56 Å². The highest BCUT2D eigenvalue weighted by Gasteiger charge is 2.45. The molecule has 1 aromatic heterocycles. The lowest BCUT2D eigenvalue weighted by Gasteiger charge is -2.30. The normalized spacial score (nSPS) is 13.2. The molecule has 1 heterocycles. The maximum atomic E-state index is 14.0. The summed E-state index contributed by atoms with van der Waals surface area (Å²) < 4.78 is 27.9. The van der Waals surface area contributed by atoms with Crippen LogP contribution in [-0.4, -0.2) is 15.5 Å². The Morgan fingerprint density at radius 1 is 1.18 bits per heavy atom. The Morgan fingerprint density at radius 2 is 1.76 bits per heavy atom. The number of imidazole rings is 1. The SMILES string of the molecule is CC(C)(N)C(F)(F)c1ccc2[nH]c(=O)[nH]c2c1. The lowest BCUT2D eigenvalue weighted by molar-refractivity contribution is -0.0671. The number of nitrogens with two attached hydrogens (primary N) is 1. The number of fused-ring (bicyclic) bond motifs is 1. The van der Waals surface area contributed by atoms with Crippen LogP contribution in [0.2, 0.25) is 0 Å². The predicted octanol–water partition coefficient (Wildman–Crippen LogP) is 1.69. The Kier molecular flexibility index (Phi) is 2.36. The molecule has 0 aliphatic heterocycles. The van der Waals surface area contributed by atoms with Gasteiger partial charge in [-0.15, -0.1) is 0 Å². The number of aromatic nitrogens is 2. The first-order valence-electron chi connectivity index (χ1n) is 5.11. The highest BCUT2D eigenvalue weighted by Crippen LogP contribution is 2.37. The summed E-state index contributed by atoms with van der Waals surface area (Å²) in [5.41, 5.74) is 3.99. The number of aromatic amines is 2. The van der Waals surface area contributed by atoms with Gasteiger partial charge in [-0.1, -0.05) is 6.07 Å². The molecular formula is C11H13F2N3O. The molecule has 0 saturated carbocycles. The molecule has 0 unspecified atom stereocenters. The van der Waals surface area contributed by atoms with Crippen molar-refractivity contribution in [1.29, 1.82) is 0 Å². The highest BCUT2D eigenvalue weighted by atomic mass is 19.3. The van der Waals surface area contributed by atoms with Crippen molar-refractivity contribution in [2.75, 3.05) is 0 Å². The van der Waals surface area contributed by atoms with Gasteiger partial charge in [-0.25, -0.2) is 4.79 Å². The second kappa shape index (κ2) is 3.40. The average molecular weight is 241 g/mol. The van der Waals surface area contributed by atoms with Crippen LogP contribution in [-0.2, 0) is 5.92 Å². The van der Waals surface area contributed by atoms with E-state index in [4.69, 9.17) is 5.73 Å². The van der Waals surface area contributed by atoms with Crippen molar-refractivity contribution in [2.45, 2.75) is 25.3 Å². The van der Waals surface area contributed by atoms with E-state index in [1.54, 1.807) is 0 Å². The van der Waals surface area contributed by atoms with E-state index in [-0.39, 0.29) is 5.56 Å². The number of H-pyrrole nitrogens is 2. The summed E-state index contributed by atoms with van der Waals surface area (Å²) in [6.07, 6.45) is 0. The Bertz CT molecular complexity index is 607. The maximum Gasteiger partial charge on any atom is 0.323 e. The van der Waals surface area contributed by atoms with Crippen LogP contribution >= 0.6 is 0 Å². The largest absolute Gasteiger partial charge is 0.323 e. The topological polar surface area (TPSA) is 74.7 Å². The molecule has 0 bridgehead atoms. The fraction of sp³-hybridized carbons (Fsp3) is 0.364. The molecule has 1 aromatic carbocycles. The summed E-state index contributed by atoms with van der Waals surface area (Å²) in [6, 6.07) is 3.94. The number of hydrogen-bond acceptors (Lipinski definition) is 2. The monoisotopic (exact) mass is 241 g/mol. The fourth-order valence-electron chi connectivity index (χ4n) is 1.60. The van der Waals surface area contributed by atoms with Crippen molar-refractivity contribution in [3.63, 3.8) is 0 Å². The van der Waals surface area contributed by atoms with Gasteiger partial charge in [-0.05, 0) is 26.0 Å². The summed E-state index contributed by atoms with van der Waals surface area (Å²) in [5.74, 6) is -3.17. The van der Waals surface area contributed by atoms with Crippen molar-refractivity contribution in [2.24, 2.45) is 5.73 Å². The van der Waals surface area contributed by atoms with Crippen LogP contribution in [0, 0.1) is 0 Å². The van der Waals surface area contributed by atoms with E-state index in [2.05, 4.69) is 9.97 Å². The van der Waals surface area contributed by atoms with Crippen LogP contribution in [0.1, 0.15) is 19.4 Å². The lowest BCUT2D eigenvalue weighted by Crippen LogP contribution is -2.48. The fourth-order valence-corrected chi connectivity index (χ4v) is 1.60. The smallest absolute Gasteiger partial charge is 0.320 e. The number of rotatable bonds is 2. The maximum absolute atomic E-state index is 14.0. The Hall–Kier alpha value is -1.69. The quantitative estimate of drug-likeness (QED) is 0.748. The zero-order chi connectivity index (χ0) is 12.8. The van der Waals surface area contributed by atoms with Crippen LogP contribution in [0.15, 0.2) is 23.0 Å². The Labute approximate surface area is 95.8 Å². The van der Waals surface area contributed by atoms with Gasteiger partial charge in [0.05, 0.1) is 16.6 Å². The first-order chi connectivity index (χ1) is 7.72. The van der Waals surface area contributed by atoms with E-state index in [0.29, 0.717) is 11.0 Å². The summed E-state index contributed by atoms with van der Waals surface area (Å²) in [4.78, 5) is 15.9. The standard InChI is InChI=1S/C11H13F2N3O/c1-10(2,14)11(12,13)6-3-4-7-8(5-6)16-9(17)15-7/h3-5H,14H2,1-2H3,(H2,15,16,17). The summed E-state index contributed by atoms with van der Waals surface area (Å²) >= 11 is 0. The minimum atomic E-state index is -3.17. The molecule has 0 aliphatic rings. The molecule has 2 aromatic rings. The Balaban J connectivity index is 2.60. The van der Waals surface area contributed by atoms with Crippen LogP contribution < -0.4 is 11.4 Å². The predicted molar refractivity (Wildman–Crippen MR) is 61.1 cm³/mol. The van der Waals surface area contributed by atoms with E-state index in [1.807, 2.05) is 0 Å². The third-order valence-electron chi connectivity index (χ3n) is 2.69. The highest BCUT2D eigenvalue weighted by molar-refractivity contribution is 5.75. The lowest BCUT2D eigenvalue weighted by atomic mass is 9.91. The van der Waals surface area contributed by atoms with Crippen molar-refractivity contribution in [1.82, 2.24) is 9.97 Å². The minimum absolute atomic E-state index is 0.215. The van der Waals surface area contributed by atoms with E-state index in [0.717, 1.165) is 0 Å². The summed E-state index contributed by atoms with van der Waals surface area (Å²) in [6.45, 7) is 2.52. The molecule has 0 spiro atoms. The molecule has 2 rings (SSSR count). The number of benzene rings is 1. The zero-order valence-corrected chi connectivity index (χ0v) is 9.47. The molecule has 0 aliphatic carbocycles. The van der Waals surface area contributed by atoms with Gasteiger partial charge in [0.2, 0.25) is 0 Å². The molecule has 92 valence electrons. The third kappa shape index (κ3) is 1.84. The number of hydrogen-bond donors (Lipinski definition) is 3. The molecule has 0 atom stereocenters. The Morgan fingerprint density at radius 3 is 2.35 bits per heavy atom. The van der Waals surface area contributed by atoms with Crippen LogP contribution in [0.4, 0.5) is 8.78 Å². The van der Waals surface area contributed by atoms with Crippen LogP contribution in [0.3, 0.4) is 0 Å². The van der Waals surface area contributed by atoms with Crippen LogP contribution in [0.5, 0.6) is 0 Å². The van der Waals surface area contributed by atoms with Crippen LogP contribution in [0.25, 0.3) is 11.0 Å². The molecular weight excluding hydrogens is 228 g/mol. The molecule has 4 nitrogen and oxygen atoms in total. The molecule has 6 heteroatoms. The van der Waals surface area contributed by atoms with E-state index < -0.39 is 17.2 Å². The van der Waals surface area contributed by atoms with E-state index in [9.17, 15) is 13.6 Å². The van der Waals surface area contributed by atoms with Crippen molar-refractivity contribution in [3.05, 3.63) is 34.2 Å². The van der Waals surface area contributed by atoms with Gasteiger partial charge in [-0.3, -0.25) is 0 Å². The van der Waals surface area contributed by atoms with E-state index >= 15 is 0 Å². The molecule has 0 fully saturated rings. The molecule has 0 amide bonds. The molecule has 0 radical (unpaired) electrons. The molecule has 0 saturated heterocycles. The van der Waals surface area contributed by atoms with Crippen molar-refractivity contribution in [3.8, 4) is 0 Å². The first kappa shape index (κ1) is 11.8. The average Bonchev–Trinajstić information content (AvgIpc) is 2.54. The first-order valence-corrected chi connectivity index (χ1v) is 5.11. The summed E-state index contributed by atoms with van der Waals surface area (Å²) in [7, 11) is 0. The number of nitrogens with one attached hydrogen (secondary N) is 2. The zero-order valence-electron chi connectivity index (χ0n) is 9.47. The number of halogens is 2. The summed E-state index contributed by atoms with van der Waals surface area (Å²) in [5, 5.41) is 0. The second-order valence-corrected chi connectivity index (χ2v) is 4.64. The van der Waals surface area contributed by atoms with Crippen molar-refractivity contribution < 1.29 is 8.78 Å².